The molecule has 0 aromatic carbocycles. The molecule has 0 spiro atoms. The van der Waals surface area contributed by atoms with E-state index in [4.69, 9.17) is 5.73 Å². The van der Waals surface area contributed by atoms with Crippen molar-refractivity contribution in [3.63, 3.8) is 0 Å². The molecule has 14 heavy (non-hydrogen) atoms. The first kappa shape index (κ1) is 8.95. The largest absolute Gasteiger partial charge is 0.351 e. The van der Waals surface area contributed by atoms with Crippen molar-refractivity contribution in [3.8, 4) is 0 Å². The zero-order valence-electron chi connectivity index (χ0n) is 6.94. The van der Waals surface area contributed by atoms with E-state index < -0.39 is 6.03 Å². The molecule has 0 radical (unpaired) electrons. The Kier molecular flexibility index (Phi) is 2.08. The summed E-state index contributed by atoms with van der Waals surface area (Å²) in [5, 5.41) is 6.27. The van der Waals surface area contributed by atoms with Gasteiger partial charge in [0.15, 0.2) is 5.65 Å². The number of nitrogens with two attached hydrogens (primary N) is 1. The molecular weight excluding hydrogens is 250 g/mol. The summed E-state index contributed by atoms with van der Waals surface area (Å²) in [6, 6.07) is 2.92. The van der Waals surface area contributed by atoms with Crippen LogP contribution in [0.2, 0.25) is 0 Å². The molecule has 2 heterocycles. The highest BCUT2D eigenvalue weighted by Gasteiger charge is 2.04. The number of nitrogens with zero attached hydrogens (tertiary/aromatic N) is 3. The monoisotopic (exact) mass is 255 g/mol. The molecule has 0 atom stereocenters. The Morgan fingerprint density at radius 1 is 1.57 bits per heavy atom. The Morgan fingerprint density at radius 2 is 2.36 bits per heavy atom. The summed E-state index contributed by atoms with van der Waals surface area (Å²) >= 11 is 3.29. The molecule has 0 unspecified atom stereocenters. The summed E-state index contributed by atoms with van der Waals surface area (Å²) in [5.41, 5.74) is 5.56. The number of rotatable bonds is 1. The van der Waals surface area contributed by atoms with E-state index in [-0.39, 0.29) is 5.95 Å². The lowest BCUT2D eigenvalue weighted by atomic mass is 10.5. The van der Waals surface area contributed by atoms with E-state index in [1.807, 2.05) is 6.07 Å². The third kappa shape index (κ3) is 1.67. The fourth-order valence-electron chi connectivity index (χ4n) is 1.02. The molecule has 2 amide bonds. The van der Waals surface area contributed by atoms with Gasteiger partial charge in [-0.15, -0.1) is 5.10 Å². The number of anilines is 1. The van der Waals surface area contributed by atoms with Crippen LogP contribution in [0.15, 0.2) is 22.8 Å². The van der Waals surface area contributed by atoms with Crippen LogP contribution in [0.5, 0.6) is 0 Å². The number of hydrogen-bond donors (Lipinski definition) is 2. The number of amides is 2. The highest BCUT2D eigenvalue weighted by atomic mass is 79.9. The van der Waals surface area contributed by atoms with Crippen molar-refractivity contribution in [3.05, 3.63) is 22.8 Å². The normalized spacial score (nSPS) is 10.4. The quantitative estimate of drug-likeness (QED) is 0.797. The van der Waals surface area contributed by atoms with Crippen molar-refractivity contribution < 1.29 is 4.79 Å². The van der Waals surface area contributed by atoms with E-state index >= 15 is 0 Å². The molecule has 2 aromatic rings. The molecule has 2 aromatic heterocycles. The number of aromatic nitrogens is 3. The summed E-state index contributed by atoms with van der Waals surface area (Å²) in [5.74, 6) is 0.190. The average molecular weight is 256 g/mol. The number of fused-ring (bicyclic) bond motifs is 1. The SMILES string of the molecule is NC(=O)Nc1nc2ccc(Br)cn2n1. The molecule has 0 bridgehead atoms. The Bertz CT molecular complexity index is 494. The lowest BCUT2D eigenvalue weighted by Crippen LogP contribution is -2.20. The molecule has 0 aliphatic heterocycles. The fourth-order valence-corrected chi connectivity index (χ4v) is 1.35. The van der Waals surface area contributed by atoms with Gasteiger partial charge >= 0.3 is 6.03 Å². The van der Waals surface area contributed by atoms with Gasteiger partial charge in [-0.2, -0.15) is 4.98 Å². The Morgan fingerprint density at radius 3 is 3.07 bits per heavy atom. The predicted molar refractivity (Wildman–Crippen MR) is 53.9 cm³/mol. The van der Waals surface area contributed by atoms with Crippen molar-refractivity contribution in [1.82, 2.24) is 14.6 Å². The number of primary amides is 1. The van der Waals surface area contributed by atoms with Crippen LogP contribution in [0.1, 0.15) is 0 Å². The molecule has 0 saturated heterocycles. The lowest BCUT2D eigenvalue weighted by Gasteiger charge is -1.90. The molecule has 0 saturated carbocycles. The van der Waals surface area contributed by atoms with Crippen molar-refractivity contribution >= 4 is 33.6 Å². The lowest BCUT2D eigenvalue weighted by molar-refractivity contribution is 0.259. The van der Waals surface area contributed by atoms with Crippen LogP contribution in [0.3, 0.4) is 0 Å². The van der Waals surface area contributed by atoms with Crippen LogP contribution in [-0.4, -0.2) is 20.6 Å². The molecule has 72 valence electrons. The third-order valence-corrected chi connectivity index (χ3v) is 2.00. The number of nitrogens with one attached hydrogen (secondary N) is 1. The number of carbonyl (C=O) groups is 1. The highest BCUT2D eigenvalue weighted by molar-refractivity contribution is 9.10. The first-order chi connectivity index (χ1) is 6.65. The van der Waals surface area contributed by atoms with Gasteiger partial charge in [0.05, 0.1) is 0 Å². The van der Waals surface area contributed by atoms with Gasteiger partial charge in [0, 0.05) is 10.7 Å². The minimum absolute atomic E-state index is 0.190. The standard InChI is InChI=1S/C7H6BrN5O/c8-4-1-2-5-10-7(11-6(9)14)12-13(5)3-4/h1-3H,(H3,9,11,12,14). The van der Waals surface area contributed by atoms with E-state index in [0.29, 0.717) is 5.65 Å². The van der Waals surface area contributed by atoms with Gasteiger partial charge in [-0.1, -0.05) is 0 Å². The first-order valence-electron chi connectivity index (χ1n) is 3.73. The average Bonchev–Trinajstić information content (AvgIpc) is 2.44. The molecule has 0 fully saturated rings. The van der Waals surface area contributed by atoms with Gasteiger partial charge in [-0.25, -0.2) is 9.31 Å². The van der Waals surface area contributed by atoms with E-state index in [2.05, 4.69) is 31.3 Å². The second-order valence-electron chi connectivity index (χ2n) is 2.57. The van der Waals surface area contributed by atoms with Gasteiger partial charge < -0.3 is 5.73 Å². The maximum atomic E-state index is 10.5. The molecule has 3 N–H and O–H groups in total. The predicted octanol–water partition coefficient (Wildman–Crippen LogP) is 0.982. The minimum Gasteiger partial charge on any atom is -0.351 e. The zero-order chi connectivity index (χ0) is 10.1. The molecule has 0 aliphatic rings. The first-order valence-corrected chi connectivity index (χ1v) is 4.53. The number of carbonyl (C=O) groups excluding carboxylic acids is 1. The third-order valence-electron chi connectivity index (χ3n) is 1.53. The molecule has 2 rings (SSSR count). The second-order valence-corrected chi connectivity index (χ2v) is 3.49. The van der Waals surface area contributed by atoms with Crippen LogP contribution in [0.4, 0.5) is 10.7 Å². The topological polar surface area (TPSA) is 85.3 Å². The van der Waals surface area contributed by atoms with Crippen molar-refractivity contribution in [1.29, 1.82) is 0 Å². The summed E-state index contributed by atoms with van der Waals surface area (Å²) in [6.45, 7) is 0. The van der Waals surface area contributed by atoms with Crippen LogP contribution in [0, 0.1) is 0 Å². The number of urea groups is 1. The number of hydrogen-bond acceptors (Lipinski definition) is 3. The van der Waals surface area contributed by atoms with Gasteiger partial charge in [0.1, 0.15) is 0 Å². The van der Waals surface area contributed by atoms with Crippen molar-refractivity contribution in [2.75, 3.05) is 5.32 Å². The number of pyridine rings is 1. The molecule has 7 heteroatoms. The molecule has 6 nitrogen and oxygen atoms in total. The summed E-state index contributed by atoms with van der Waals surface area (Å²) < 4.78 is 2.41. The smallest absolute Gasteiger partial charge is 0.319 e. The maximum absolute atomic E-state index is 10.5. The van der Waals surface area contributed by atoms with Crippen LogP contribution in [-0.2, 0) is 0 Å². The van der Waals surface area contributed by atoms with Crippen LogP contribution < -0.4 is 11.1 Å². The second kappa shape index (κ2) is 3.26. The van der Waals surface area contributed by atoms with Crippen molar-refractivity contribution in [2.45, 2.75) is 0 Å². The summed E-state index contributed by atoms with van der Waals surface area (Å²) in [7, 11) is 0. The van der Waals surface area contributed by atoms with Gasteiger partial charge in [-0.3, -0.25) is 5.32 Å². The zero-order valence-corrected chi connectivity index (χ0v) is 8.52. The maximum Gasteiger partial charge on any atom is 0.319 e. The van der Waals surface area contributed by atoms with Gasteiger partial charge in [0.2, 0.25) is 0 Å². The Labute approximate surface area is 87.2 Å². The fraction of sp³-hybridized carbons (Fsp3) is 0. The van der Waals surface area contributed by atoms with E-state index in [1.165, 1.54) is 4.52 Å². The van der Waals surface area contributed by atoms with Crippen LogP contribution in [0.25, 0.3) is 5.65 Å². The molecule has 0 aliphatic carbocycles. The summed E-state index contributed by atoms with van der Waals surface area (Å²) in [6.07, 6.45) is 1.73. The Balaban J connectivity index is 2.46. The van der Waals surface area contributed by atoms with Gasteiger partial charge in [-0.05, 0) is 28.1 Å². The van der Waals surface area contributed by atoms with Crippen LogP contribution >= 0.6 is 15.9 Å². The van der Waals surface area contributed by atoms with Gasteiger partial charge in [0.25, 0.3) is 5.95 Å². The highest BCUT2D eigenvalue weighted by Crippen LogP contribution is 2.11. The van der Waals surface area contributed by atoms with E-state index in [1.54, 1.807) is 12.3 Å². The summed E-state index contributed by atoms with van der Waals surface area (Å²) in [4.78, 5) is 14.5. The Hall–Kier alpha value is -1.63. The molecular formula is C7H6BrN5O. The minimum atomic E-state index is -0.681. The van der Waals surface area contributed by atoms with E-state index in [0.717, 1.165) is 4.47 Å². The number of halogens is 1. The van der Waals surface area contributed by atoms with Crippen molar-refractivity contribution in [2.24, 2.45) is 5.73 Å². The van der Waals surface area contributed by atoms with E-state index in [9.17, 15) is 4.79 Å².